The van der Waals surface area contributed by atoms with Gasteiger partial charge in [-0.1, -0.05) is 146 Å². The Morgan fingerprint density at radius 2 is 0.549 bits per heavy atom. The van der Waals surface area contributed by atoms with Crippen LogP contribution in [0.25, 0.3) is 90.9 Å². The summed E-state index contributed by atoms with van der Waals surface area (Å²) in [5, 5.41) is 0. The van der Waals surface area contributed by atoms with Crippen LogP contribution in [-0.2, 0) is 24.1 Å². The summed E-state index contributed by atoms with van der Waals surface area (Å²) in [4.78, 5) is 21.2. The number of aromatic nitrogens is 4. The molecule has 8 bridgehead atoms. The van der Waals surface area contributed by atoms with Crippen LogP contribution in [0.15, 0.2) is 146 Å². The molecule has 0 aliphatic carbocycles. The van der Waals surface area contributed by atoms with Crippen LogP contribution in [0, 0.1) is 6.65 Å². The van der Waals surface area contributed by atoms with E-state index in [4.69, 9.17) is 24.6 Å². The van der Waals surface area contributed by atoms with Gasteiger partial charge in [-0.25, -0.2) is 9.97 Å². The van der Waals surface area contributed by atoms with E-state index in [0.717, 1.165) is 89.4 Å². The molecule has 0 saturated carbocycles. The fraction of sp³-hybridized carbons (Fsp3) is 0. The van der Waals surface area contributed by atoms with E-state index in [2.05, 4.69) is 152 Å². The van der Waals surface area contributed by atoms with Crippen molar-refractivity contribution in [1.29, 1.82) is 0 Å². The Labute approximate surface area is 308 Å². The van der Waals surface area contributed by atoms with E-state index in [1.54, 1.807) is 0 Å². The molecule has 5 heterocycles. The van der Waals surface area contributed by atoms with Gasteiger partial charge in [0.2, 0.25) is 0 Å². The van der Waals surface area contributed by atoms with Crippen molar-refractivity contribution in [2.75, 3.05) is 0 Å². The average Bonchev–Trinajstić information content (AvgIpc) is 4.02. The van der Waals surface area contributed by atoms with Crippen molar-refractivity contribution in [1.82, 2.24) is 19.9 Å². The first kappa shape index (κ1) is 33.3. The molecule has 9 rings (SSSR count). The smallest absolute Gasteiger partial charge is 2.00 e. The van der Waals surface area contributed by atoms with Crippen LogP contribution in [0.3, 0.4) is 0 Å². The Balaban J connectivity index is 0.00000133. The third kappa shape index (κ3) is 6.36. The van der Waals surface area contributed by atoms with Crippen molar-refractivity contribution in [3.63, 3.8) is 0 Å². The van der Waals surface area contributed by atoms with Crippen molar-refractivity contribution >= 4 is 46.4 Å². The first-order valence-corrected chi connectivity index (χ1v) is 16.3. The van der Waals surface area contributed by atoms with E-state index in [-0.39, 0.29) is 19.5 Å². The van der Waals surface area contributed by atoms with Gasteiger partial charge in [0, 0.05) is 0 Å². The van der Waals surface area contributed by atoms with E-state index in [9.17, 15) is 0 Å². The van der Waals surface area contributed by atoms with Gasteiger partial charge >= 0.3 is 30.8 Å². The van der Waals surface area contributed by atoms with Crippen LogP contribution in [0.5, 0.6) is 0 Å². The molecule has 2 aliphatic rings. The quantitative estimate of drug-likeness (QED) is 0.102. The first-order valence-electron chi connectivity index (χ1n) is 16.3. The van der Waals surface area contributed by atoms with Gasteiger partial charge in [-0.15, -0.1) is 22.1 Å². The zero-order valence-corrected chi connectivity index (χ0v) is 28.8. The monoisotopic (exact) mass is 743 g/mol. The fourth-order valence-electron chi connectivity index (χ4n) is 6.69. The average molecular weight is 744 g/mol. The van der Waals surface area contributed by atoms with Crippen LogP contribution < -0.4 is 9.97 Å². The predicted molar refractivity (Wildman–Crippen MR) is 202 cm³/mol. The number of benzene rings is 4. The van der Waals surface area contributed by atoms with Crippen molar-refractivity contribution in [3.05, 3.63) is 175 Å². The van der Waals surface area contributed by atoms with Gasteiger partial charge < -0.3 is 9.97 Å². The van der Waals surface area contributed by atoms with Crippen molar-refractivity contribution < 1.29 is 24.1 Å². The van der Waals surface area contributed by atoms with E-state index < -0.39 is 0 Å². The molecule has 0 N–H and O–H groups in total. The van der Waals surface area contributed by atoms with Crippen molar-refractivity contribution in [2.45, 2.75) is 0 Å². The first-order chi connectivity index (χ1) is 24.8. The summed E-state index contributed by atoms with van der Waals surface area (Å²) in [5.74, 6) is 0. The summed E-state index contributed by atoms with van der Waals surface area (Å²) in [6.07, 6.45) is 8.41. The van der Waals surface area contributed by atoms with Gasteiger partial charge in [0.05, 0.1) is 22.8 Å². The molecule has 0 saturated heterocycles. The number of nitrogens with zero attached hydrogens (tertiary/aromatic N) is 4. The van der Waals surface area contributed by atoms with Crippen LogP contribution in [0.1, 0.15) is 22.8 Å². The second-order valence-corrected chi connectivity index (χ2v) is 11.8. The molecule has 5 nitrogen and oxygen atoms in total. The minimum Gasteiger partial charge on any atom is 2.00 e. The Kier molecular flexibility index (Phi) is 9.65. The Hall–Kier alpha value is -6.16. The van der Waals surface area contributed by atoms with Crippen molar-refractivity contribution in [3.8, 4) is 44.5 Å². The molecule has 0 fully saturated rings. The number of hydrogen-bond donors (Lipinski definition) is 0. The Morgan fingerprint density at radius 3 is 0.765 bits per heavy atom. The molecule has 4 aromatic carbocycles. The standard InChI is InChI=1S/C44H28N4.CO.Rh/c1-5-13-29(14-6-1)41-33-21-23-35(45-33)42(30-15-7-2-8-16-30)37-25-27-39(47-37)44(32-19-11-4-12-20-32)40-28-26-38(48-40)43(31-17-9-3-10-18-31)36-24-22-34(41)46-36;1-2;/h1-28H;;/q-2;;+2. The maximum Gasteiger partial charge on any atom is 2.00 e. The summed E-state index contributed by atoms with van der Waals surface area (Å²) in [6.45, 7) is 4.50. The summed E-state index contributed by atoms with van der Waals surface area (Å²) >= 11 is 0. The minimum atomic E-state index is 0. The van der Waals surface area contributed by atoms with E-state index in [1.807, 2.05) is 24.3 Å². The van der Waals surface area contributed by atoms with Crippen LogP contribution in [0.2, 0.25) is 0 Å². The minimum absolute atomic E-state index is 0. The van der Waals surface area contributed by atoms with Gasteiger partial charge in [-0.3, -0.25) is 0 Å². The molecule has 0 unspecified atom stereocenters. The molecule has 3 aromatic heterocycles. The van der Waals surface area contributed by atoms with Gasteiger partial charge in [-0.2, -0.15) is 0 Å². The number of hydrogen-bond acceptors (Lipinski definition) is 2. The van der Waals surface area contributed by atoms with Gasteiger partial charge in [-0.05, 0) is 68.8 Å². The van der Waals surface area contributed by atoms with Crippen LogP contribution in [-0.4, -0.2) is 9.97 Å². The molecule has 243 valence electrons. The Morgan fingerprint density at radius 1 is 0.333 bits per heavy atom. The summed E-state index contributed by atoms with van der Waals surface area (Å²) in [6, 6.07) is 50.0. The Bertz CT molecular complexity index is 2240. The molecule has 0 spiro atoms. The predicted octanol–water partition coefficient (Wildman–Crippen LogP) is 10.5. The molecule has 6 heteroatoms. The second-order valence-electron chi connectivity index (χ2n) is 11.8. The zero-order valence-electron chi connectivity index (χ0n) is 27.2. The van der Waals surface area contributed by atoms with E-state index >= 15 is 0 Å². The van der Waals surface area contributed by atoms with Crippen LogP contribution in [0.4, 0.5) is 0 Å². The molecule has 2 aliphatic heterocycles. The summed E-state index contributed by atoms with van der Waals surface area (Å²) in [5.41, 5.74) is 15.0. The van der Waals surface area contributed by atoms with Crippen LogP contribution >= 0.6 is 0 Å². The molecule has 7 aromatic rings. The molecule has 1 radical (unpaired) electrons. The van der Waals surface area contributed by atoms with Gasteiger partial charge in [0.1, 0.15) is 0 Å². The van der Waals surface area contributed by atoms with Crippen molar-refractivity contribution in [2.24, 2.45) is 0 Å². The van der Waals surface area contributed by atoms with Gasteiger partial charge in [0.15, 0.2) is 0 Å². The summed E-state index contributed by atoms with van der Waals surface area (Å²) in [7, 11) is 0. The maximum absolute atomic E-state index is 7.50. The summed E-state index contributed by atoms with van der Waals surface area (Å²) < 4.78 is 7.50. The largest absolute Gasteiger partial charge is 2.00 e. The van der Waals surface area contributed by atoms with E-state index in [1.165, 1.54) is 0 Å². The van der Waals surface area contributed by atoms with E-state index in [0.29, 0.717) is 0 Å². The third-order valence-corrected chi connectivity index (χ3v) is 8.86. The molecular weight excluding hydrogens is 715 g/mol. The fourth-order valence-corrected chi connectivity index (χ4v) is 6.69. The normalized spacial score (nSPS) is 11.3. The topological polar surface area (TPSA) is 73.9 Å². The van der Waals surface area contributed by atoms with Gasteiger partial charge in [0.25, 0.3) is 0 Å². The maximum atomic E-state index is 7.50. The number of rotatable bonds is 4. The second kappa shape index (κ2) is 14.8. The molecule has 51 heavy (non-hydrogen) atoms. The molecule has 0 atom stereocenters. The number of fused-ring (bicyclic) bond motifs is 8. The SMILES string of the molecule is C1=Cc2nc1c(-c1ccccc1)c1ccc([n-]1)c(-c1ccccc1)c1nc(c(-c3ccccc3)c3ccc([n-]3)c2-c2ccccc2)C=C1.[C-]#[O+].[Rh+2]. The molecular formula is C45H28N4ORh. The zero-order chi connectivity index (χ0) is 33.9. The molecule has 0 amide bonds. The third-order valence-electron chi connectivity index (χ3n) is 8.86.